The minimum atomic E-state index is -0.825. The van der Waals surface area contributed by atoms with Gasteiger partial charge in [-0.15, -0.1) is 11.3 Å². The lowest BCUT2D eigenvalue weighted by Crippen LogP contribution is -2.37. The van der Waals surface area contributed by atoms with Crippen molar-refractivity contribution in [1.82, 2.24) is 0 Å². The molecule has 146 valence electrons. The van der Waals surface area contributed by atoms with Gasteiger partial charge in [0, 0.05) is 4.88 Å². The first-order chi connectivity index (χ1) is 14.1. The molecule has 6 heteroatoms. The molecule has 0 bridgehead atoms. The maximum atomic E-state index is 13.5. The van der Waals surface area contributed by atoms with Crippen molar-refractivity contribution < 1.29 is 14.4 Å². The third-order valence-electron chi connectivity index (χ3n) is 5.66. The van der Waals surface area contributed by atoms with E-state index in [1.807, 2.05) is 79.9 Å². The van der Waals surface area contributed by atoms with Crippen molar-refractivity contribution >= 4 is 34.5 Å². The Morgan fingerprint density at radius 2 is 1.48 bits per heavy atom. The molecule has 5 rings (SSSR count). The second-order valence-corrected chi connectivity index (χ2v) is 8.40. The van der Waals surface area contributed by atoms with Crippen LogP contribution in [0.3, 0.4) is 0 Å². The van der Waals surface area contributed by atoms with Gasteiger partial charge in [0.2, 0.25) is 5.91 Å². The summed E-state index contributed by atoms with van der Waals surface area (Å²) in [5.74, 6) is -1.09. The second kappa shape index (κ2) is 6.83. The Labute approximate surface area is 173 Å². The van der Waals surface area contributed by atoms with Crippen LogP contribution in [-0.2, 0) is 14.4 Å². The van der Waals surface area contributed by atoms with Gasteiger partial charge in [0.05, 0.1) is 11.4 Å². The van der Waals surface area contributed by atoms with Crippen molar-refractivity contribution in [2.75, 3.05) is 9.96 Å². The summed E-state index contributed by atoms with van der Waals surface area (Å²) < 4.78 is 0. The number of hydrogen-bond acceptors (Lipinski definition) is 5. The van der Waals surface area contributed by atoms with Gasteiger partial charge in [0.25, 0.3) is 5.91 Å². The smallest absolute Gasteiger partial charge is 0.266 e. The maximum Gasteiger partial charge on any atom is 0.266 e. The molecule has 0 spiro atoms. The summed E-state index contributed by atoms with van der Waals surface area (Å²) in [4.78, 5) is 35.3. The van der Waals surface area contributed by atoms with Crippen LogP contribution in [0.2, 0.25) is 0 Å². The van der Waals surface area contributed by atoms with Crippen LogP contribution in [0.4, 0.5) is 11.4 Å². The fourth-order valence-electron chi connectivity index (χ4n) is 4.23. The first-order valence-corrected chi connectivity index (χ1v) is 10.4. The van der Waals surface area contributed by atoms with Crippen LogP contribution < -0.4 is 9.96 Å². The molecule has 0 aliphatic carbocycles. The summed E-state index contributed by atoms with van der Waals surface area (Å²) in [6.07, 6.45) is -0.825. The van der Waals surface area contributed by atoms with E-state index in [0.29, 0.717) is 5.69 Å². The van der Waals surface area contributed by atoms with Gasteiger partial charge >= 0.3 is 0 Å². The fourth-order valence-corrected chi connectivity index (χ4v) is 5.09. The zero-order valence-electron chi connectivity index (χ0n) is 16.1. The molecule has 3 atom stereocenters. The van der Waals surface area contributed by atoms with Gasteiger partial charge in [-0.2, -0.15) is 0 Å². The molecule has 2 amide bonds. The monoisotopic (exact) mass is 404 g/mol. The third kappa shape index (κ3) is 2.71. The summed E-state index contributed by atoms with van der Waals surface area (Å²) in [5, 5.41) is 3.75. The Kier molecular flexibility index (Phi) is 4.26. The standard InChI is InChI=1S/C23H20N2O3S/c1-14-8-3-5-10-16(14)24-22(26)19-20(18-12-7-13-29-18)25(28-21(19)23(24)27)17-11-6-4-9-15(17)2/h3-13,19-21H,1-2H3. The molecular formula is C23H20N2O3S. The van der Waals surface area contributed by atoms with Gasteiger partial charge in [-0.3, -0.25) is 14.4 Å². The minimum Gasteiger partial charge on any atom is -0.273 e. The molecule has 0 radical (unpaired) electrons. The van der Waals surface area contributed by atoms with E-state index in [4.69, 9.17) is 4.84 Å². The van der Waals surface area contributed by atoms with Crippen LogP contribution in [0.25, 0.3) is 0 Å². The fraction of sp³-hybridized carbons (Fsp3) is 0.217. The number of imide groups is 1. The van der Waals surface area contributed by atoms with Gasteiger partial charge in [-0.05, 0) is 48.6 Å². The summed E-state index contributed by atoms with van der Waals surface area (Å²) in [6.45, 7) is 3.91. The van der Waals surface area contributed by atoms with E-state index in [2.05, 4.69) is 0 Å². The number of carbonyl (C=O) groups excluding carboxylic acids is 2. The summed E-state index contributed by atoms with van der Waals surface area (Å²) in [7, 11) is 0. The molecule has 0 saturated carbocycles. The highest BCUT2D eigenvalue weighted by Crippen LogP contribution is 2.49. The SMILES string of the molecule is Cc1ccccc1N1C(=O)C2ON(c3ccccc3C)C(c3cccs3)C2C1=O. The number of anilines is 2. The van der Waals surface area contributed by atoms with E-state index in [0.717, 1.165) is 21.7 Å². The van der Waals surface area contributed by atoms with Gasteiger partial charge in [-0.1, -0.05) is 42.5 Å². The van der Waals surface area contributed by atoms with Crippen LogP contribution in [0.15, 0.2) is 66.0 Å². The first kappa shape index (κ1) is 18.1. The van der Waals surface area contributed by atoms with Crippen LogP contribution >= 0.6 is 11.3 Å². The Morgan fingerprint density at radius 3 is 2.10 bits per heavy atom. The predicted octanol–water partition coefficient (Wildman–Crippen LogP) is 4.42. The van der Waals surface area contributed by atoms with Crippen molar-refractivity contribution in [3.05, 3.63) is 82.0 Å². The van der Waals surface area contributed by atoms with E-state index in [1.54, 1.807) is 16.4 Å². The molecule has 2 fully saturated rings. The lowest BCUT2D eigenvalue weighted by Gasteiger charge is -2.29. The highest BCUT2D eigenvalue weighted by Gasteiger charge is 2.60. The average Bonchev–Trinajstić information content (AvgIpc) is 3.41. The average molecular weight is 404 g/mol. The van der Waals surface area contributed by atoms with E-state index in [1.165, 1.54) is 4.90 Å². The molecule has 2 aromatic carbocycles. The Morgan fingerprint density at radius 1 is 0.828 bits per heavy atom. The molecule has 5 nitrogen and oxygen atoms in total. The third-order valence-corrected chi connectivity index (χ3v) is 6.60. The number of fused-ring (bicyclic) bond motifs is 1. The Bertz CT molecular complexity index is 1100. The van der Waals surface area contributed by atoms with E-state index in [-0.39, 0.29) is 17.9 Å². The van der Waals surface area contributed by atoms with E-state index in [9.17, 15) is 9.59 Å². The van der Waals surface area contributed by atoms with Crippen molar-refractivity contribution in [3.63, 3.8) is 0 Å². The number of aryl methyl sites for hydroxylation is 2. The van der Waals surface area contributed by atoms with Crippen LogP contribution in [0.1, 0.15) is 22.0 Å². The minimum absolute atomic E-state index is 0.205. The zero-order valence-corrected chi connectivity index (χ0v) is 16.9. The number of benzene rings is 2. The second-order valence-electron chi connectivity index (χ2n) is 7.42. The topological polar surface area (TPSA) is 49.9 Å². The number of amides is 2. The van der Waals surface area contributed by atoms with E-state index >= 15 is 0 Å². The lowest BCUT2D eigenvalue weighted by atomic mass is 9.95. The van der Waals surface area contributed by atoms with Crippen molar-refractivity contribution in [2.45, 2.75) is 26.0 Å². The highest BCUT2D eigenvalue weighted by molar-refractivity contribution is 7.10. The molecule has 29 heavy (non-hydrogen) atoms. The van der Waals surface area contributed by atoms with Crippen LogP contribution in [0.5, 0.6) is 0 Å². The van der Waals surface area contributed by atoms with Crippen molar-refractivity contribution in [3.8, 4) is 0 Å². The molecular weight excluding hydrogens is 384 g/mol. The molecule has 3 unspecified atom stereocenters. The molecule has 3 aromatic rings. The number of carbonyl (C=O) groups is 2. The zero-order chi connectivity index (χ0) is 20.1. The Balaban J connectivity index is 1.60. The lowest BCUT2D eigenvalue weighted by molar-refractivity contribution is -0.126. The Hall–Kier alpha value is -2.96. The summed E-state index contributed by atoms with van der Waals surface area (Å²) in [6, 6.07) is 18.9. The molecule has 3 heterocycles. The van der Waals surface area contributed by atoms with Crippen LogP contribution in [0, 0.1) is 19.8 Å². The number of nitrogens with zero attached hydrogens (tertiary/aromatic N) is 2. The normalized spacial score (nSPS) is 23.7. The van der Waals surface area contributed by atoms with Gasteiger partial charge in [0.15, 0.2) is 6.10 Å². The van der Waals surface area contributed by atoms with Crippen molar-refractivity contribution in [1.29, 1.82) is 0 Å². The highest BCUT2D eigenvalue weighted by atomic mass is 32.1. The number of rotatable bonds is 3. The maximum absolute atomic E-state index is 13.5. The summed E-state index contributed by atoms with van der Waals surface area (Å²) in [5.41, 5.74) is 3.43. The number of para-hydroxylation sites is 2. The predicted molar refractivity (Wildman–Crippen MR) is 113 cm³/mol. The molecule has 1 aromatic heterocycles. The quantitative estimate of drug-likeness (QED) is 0.607. The van der Waals surface area contributed by atoms with Gasteiger partial charge in [0.1, 0.15) is 12.0 Å². The molecule has 2 aliphatic rings. The number of hydrogen-bond donors (Lipinski definition) is 0. The molecule has 0 N–H and O–H groups in total. The van der Waals surface area contributed by atoms with E-state index < -0.39 is 12.0 Å². The molecule has 2 saturated heterocycles. The largest absolute Gasteiger partial charge is 0.273 e. The number of thiophene rings is 1. The molecule has 2 aliphatic heterocycles. The van der Waals surface area contributed by atoms with Gasteiger partial charge in [-0.25, -0.2) is 9.96 Å². The van der Waals surface area contributed by atoms with Gasteiger partial charge < -0.3 is 0 Å². The first-order valence-electron chi connectivity index (χ1n) is 9.56. The van der Waals surface area contributed by atoms with Crippen molar-refractivity contribution in [2.24, 2.45) is 5.92 Å². The van der Waals surface area contributed by atoms with Crippen LogP contribution in [-0.4, -0.2) is 17.9 Å². The number of hydroxylamine groups is 1. The summed E-state index contributed by atoms with van der Waals surface area (Å²) >= 11 is 1.57.